The molecule has 0 atom stereocenters. The summed E-state index contributed by atoms with van der Waals surface area (Å²) in [6.07, 6.45) is 11.3. The van der Waals surface area contributed by atoms with Crippen LogP contribution in [0.4, 0.5) is 9.59 Å². The molecule has 0 aliphatic rings. The zero-order valence-electron chi connectivity index (χ0n) is 20.3. The van der Waals surface area contributed by atoms with Gasteiger partial charge in [0.1, 0.15) is 13.2 Å². The van der Waals surface area contributed by atoms with Crippen LogP contribution in [0.25, 0.3) is 0 Å². The first-order chi connectivity index (χ1) is 15.9. The van der Waals surface area contributed by atoms with Gasteiger partial charge in [-0.2, -0.15) is 0 Å². The Morgan fingerprint density at radius 3 is 1.27 bits per heavy atom. The highest BCUT2D eigenvalue weighted by Gasteiger charge is 2.20. The van der Waals surface area contributed by atoms with Gasteiger partial charge in [-0.05, 0) is 12.8 Å². The third kappa shape index (κ3) is 23.6. The molecule has 0 saturated heterocycles. The second-order valence-electron chi connectivity index (χ2n) is 7.59. The van der Waals surface area contributed by atoms with E-state index >= 15 is 0 Å². The van der Waals surface area contributed by atoms with Crippen LogP contribution in [0.3, 0.4) is 0 Å². The fraction of sp³-hybridized carbons (Fsp3) is 0.909. The normalized spacial score (nSPS) is 11.2. The molecule has 10 nitrogen and oxygen atoms in total. The molecule has 0 heterocycles. The van der Waals surface area contributed by atoms with E-state index in [1.807, 2.05) is 0 Å². The summed E-state index contributed by atoms with van der Waals surface area (Å²) in [5.41, 5.74) is 7.48. The molecule has 1 radical (unpaired) electrons. The van der Waals surface area contributed by atoms with Gasteiger partial charge in [-0.3, -0.25) is 9.05 Å². The molecule has 0 fully saturated rings. The van der Waals surface area contributed by atoms with Crippen LogP contribution in [0.1, 0.15) is 90.9 Å². The number of rotatable bonds is 22. The van der Waals surface area contributed by atoms with Gasteiger partial charge in [0.15, 0.2) is 0 Å². The molecule has 11 heteroatoms. The number of nitrogens with one attached hydrogen (secondary N) is 1. The smallest absolute Gasteiger partial charge is 0.434 e. The number of hydrogen-bond donors (Lipinski definition) is 0. The second kappa shape index (κ2) is 22.4. The summed E-state index contributed by atoms with van der Waals surface area (Å²) in [5, 5.41) is 0. The Bertz CT molecular complexity index is 492. The average molecular weight is 497 g/mol. The summed E-state index contributed by atoms with van der Waals surface area (Å²) in [6, 6.07) is 0. The Morgan fingerprint density at radius 1 is 0.545 bits per heavy atom. The molecule has 0 aliphatic carbocycles. The van der Waals surface area contributed by atoms with Crippen LogP contribution in [0.2, 0.25) is 0 Å². The van der Waals surface area contributed by atoms with Crippen molar-refractivity contribution in [3.8, 4) is 0 Å². The second-order valence-corrected chi connectivity index (χ2v) is 9.10. The summed E-state index contributed by atoms with van der Waals surface area (Å²) >= 11 is 0. The molecule has 0 bridgehead atoms. The van der Waals surface area contributed by atoms with Crippen LogP contribution in [-0.4, -0.2) is 52.0 Å². The first kappa shape index (κ1) is 31.6. The van der Waals surface area contributed by atoms with Crippen LogP contribution in [0.5, 0.6) is 0 Å². The molecule has 0 amide bonds. The molecule has 0 aliphatic heterocycles. The van der Waals surface area contributed by atoms with Gasteiger partial charge < -0.3 is 18.9 Å². The predicted octanol–water partition coefficient (Wildman–Crippen LogP) is 6.44. The van der Waals surface area contributed by atoms with E-state index in [0.29, 0.717) is 0 Å². The monoisotopic (exact) mass is 496 g/mol. The van der Waals surface area contributed by atoms with E-state index in [1.54, 1.807) is 0 Å². The SMILES string of the molecule is CCCCCCCCOC(=O)OCCOP([NH])(=O)OCCOC(=O)OCCCCCCCC. The fourth-order valence-corrected chi connectivity index (χ4v) is 3.47. The maximum atomic E-state index is 11.8. The van der Waals surface area contributed by atoms with E-state index in [-0.39, 0.29) is 39.6 Å². The molecule has 1 N–H and O–H groups in total. The summed E-state index contributed by atoms with van der Waals surface area (Å²) in [5.74, 6) is 0. The quantitative estimate of drug-likeness (QED) is 0.0943. The zero-order chi connectivity index (χ0) is 24.6. The van der Waals surface area contributed by atoms with Crippen molar-refractivity contribution < 1.29 is 42.1 Å². The molecular formula is C22H43NO9P. The minimum Gasteiger partial charge on any atom is -0.434 e. The minimum atomic E-state index is -4.11. The molecule has 0 saturated carbocycles. The highest BCUT2D eigenvalue weighted by molar-refractivity contribution is 7.50. The van der Waals surface area contributed by atoms with Gasteiger partial charge in [0, 0.05) is 0 Å². The largest absolute Gasteiger partial charge is 0.508 e. The summed E-state index contributed by atoms with van der Waals surface area (Å²) in [4.78, 5) is 22.8. The molecule has 0 rings (SSSR count). The van der Waals surface area contributed by atoms with E-state index in [2.05, 4.69) is 13.8 Å². The molecule has 0 aromatic carbocycles. The van der Waals surface area contributed by atoms with Crippen molar-refractivity contribution in [1.29, 1.82) is 0 Å². The standard InChI is InChI=1S/C22H43NO9P/c1-3-5-7-9-11-13-15-27-21(24)29-17-19-31-33(23,26)32-20-18-30-22(25)28-16-14-12-10-8-6-4-2/h23H,3-20H2,1-2H3. The number of unbranched alkanes of at least 4 members (excludes halogenated alkanes) is 10. The van der Waals surface area contributed by atoms with Gasteiger partial charge in [-0.25, -0.2) is 14.2 Å². The average Bonchev–Trinajstić information content (AvgIpc) is 2.78. The van der Waals surface area contributed by atoms with Crippen LogP contribution >= 0.6 is 7.75 Å². The van der Waals surface area contributed by atoms with E-state index in [0.717, 1.165) is 38.5 Å². The molecule has 33 heavy (non-hydrogen) atoms. The Balaban J connectivity index is 3.58. The summed E-state index contributed by atoms with van der Waals surface area (Å²) in [6.45, 7) is 3.87. The van der Waals surface area contributed by atoms with Gasteiger partial charge in [-0.15, -0.1) is 5.50 Å². The van der Waals surface area contributed by atoms with Crippen LogP contribution < -0.4 is 5.50 Å². The lowest BCUT2D eigenvalue weighted by atomic mass is 10.1. The first-order valence-corrected chi connectivity index (χ1v) is 13.7. The molecule has 0 aromatic heterocycles. The maximum Gasteiger partial charge on any atom is 0.508 e. The minimum absolute atomic E-state index is 0.219. The van der Waals surface area contributed by atoms with Crippen molar-refractivity contribution in [3.63, 3.8) is 0 Å². The summed E-state index contributed by atoms with van der Waals surface area (Å²) in [7, 11) is -4.11. The van der Waals surface area contributed by atoms with Crippen molar-refractivity contribution in [2.45, 2.75) is 90.9 Å². The lowest BCUT2D eigenvalue weighted by Gasteiger charge is -2.13. The van der Waals surface area contributed by atoms with Crippen molar-refractivity contribution in [1.82, 2.24) is 5.50 Å². The Hall–Kier alpha value is -1.35. The van der Waals surface area contributed by atoms with Crippen LogP contribution in [0, 0.1) is 0 Å². The number of ether oxygens (including phenoxy) is 4. The van der Waals surface area contributed by atoms with Gasteiger partial charge in [0.2, 0.25) is 0 Å². The highest BCUT2D eigenvalue weighted by Crippen LogP contribution is 2.41. The summed E-state index contributed by atoms with van der Waals surface area (Å²) < 4.78 is 40.8. The number of hydrogen-bond acceptors (Lipinski definition) is 9. The predicted molar refractivity (Wildman–Crippen MR) is 124 cm³/mol. The Labute approximate surface area is 198 Å². The van der Waals surface area contributed by atoms with Crippen LogP contribution in [-0.2, 0) is 32.6 Å². The highest BCUT2D eigenvalue weighted by atomic mass is 31.2. The van der Waals surface area contributed by atoms with E-state index in [1.165, 1.54) is 38.5 Å². The van der Waals surface area contributed by atoms with Crippen LogP contribution in [0.15, 0.2) is 0 Å². The van der Waals surface area contributed by atoms with Gasteiger partial charge >= 0.3 is 20.1 Å². The maximum absolute atomic E-state index is 11.8. The number of carbonyl (C=O) groups is 2. The lowest BCUT2D eigenvalue weighted by molar-refractivity contribution is 0.0371. The van der Waals surface area contributed by atoms with Crippen molar-refractivity contribution >= 4 is 20.1 Å². The van der Waals surface area contributed by atoms with E-state index in [9.17, 15) is 14.2 Å². The van der Waals surface area contributed by atoms with Crippen molar-refractivity contribution in [2.75, 3.05) is 39.6 Å². The van der Waals surface area contributed by atoms with Crippen molar-refractivity contribution in [3.05, 3.63) is 0 Å². The van der Waals surface area contributed by atoms with Gasteiger partial charge in [0.05, 0.1) is 26.4 Å². The molecular weight excluding hydrogens is 453 g/mol. The molecule has 195 valence electrons. The Kier molecular flexibility index (Phi) is 21.5. The third-order valence-corrected chi connectivity index (χ3v) is 5.61. The van der Waals surface area contributed by atoms with Gasteiger partial charge in [0.25, 0.3) is 0 Å². The first-order valence-electron chi connectivity index (χ1n) is 12.1. The third-order valence-electron chi connectivity index (χ3n) is 4.56. The lowest BCUT2D eigenvalue weighted by Crippen LogP contribution is -2.14. The Morgan fingerprint density at radius 2 is 0.879 bits per heavy atom. The van der Waals surface area contributed by atoms with E-state index < -0.39 is 20.1 Å². The molecule has 0 spiro atoms. The fourth-order valence-electron chi connectivity index (χ4n) is 2.76. The molecule has 0 aromatic rings. The van der Waals surface area contributed by atoms with Gasteiger partial charge in [-0.1, -0.05) is 78.1 Å². The zero-order valence-corrected chi connectivity index (χ0v) is 21.2. The van der Waals surface area contributed by atoms with Crippen molar-refractivity contribution in [2.24, 2.45) is 0 Å². The number of carbonyl (C=O) groups excluding carboxylic acids is 2. The molecule has 0 unspecified atom stereocenters. The topological polar surface area (TPSA) is 130 Å². The van der Waals surface area contributed by atoms with E-state index in [4.69, 9.17) is 33.5 Å².